The van der Waals surface area contributed by atoms with Crippen molar-refractivity contribution >= 4 is 33.3 Å². The minimum atomic E-state index is -4.05. The summed E-state index contributed by atoms with van der Waals surface area (Å²) in [6.45, 7) is 3.88. The number of rotatable bonds is 8. The molecule has 3 aromatic rings. The molecule has 2 aliphatic heterocycles. The summed E-state index contributed by atoms with van der Waals surface area (Å²) in [5.74, 6) is 0.363. The van der Waals surface area contributed by atoms with E-state index in [1.165, 1.54) is 17.0 Å². The van der Waals surface area contributed by atoms with Crippen molar-refractivity contribution in [1.82, 2.24) is 9.80 Å². The SMILES string of the molecule is C[C@@H]1CN([C@@H](C)CO)C(=O)Cc2cc(NS(=O)(=O)c3ccc(F)cc3)ccc2O[C@H]1CN(C)C(=O)Nc1ccc2c(c1)OCO2. The molecule has 0 aliphatic carbocycles. The fraction of sp³-hybridized carbons (Fsp3) is 0.355. The zero-order chi connectivity index (χ0) is 32.3. The number of aliphatic hydroxyl groups is 1. The third kappa shape index (κ3) is 7.40. The topological polar surface area (TPSA) is 147 Å². The van der Waals surface area contributed by atoms with E-state index in [0.717, 1.165) is 24.3 Å². The van der Waals surface area contributed by atoms with Gasteiger partial charge in [-0.15, -0.1) is 0 Å². The van der Waals surface area contributed by atoms with Gasteiger partial charge in [-0.25, -0.2) is 17.6 Å². The lowest BCUT2D eigenvalue weighted by Crippen LogP contribution is -2.48. The van der Waals surface area contributed by atoms with Crippen LogP contribution < -0.4 is 24.2 Å². The quantitative estimate of drug-likeness (QED) is 0.338. The first-order valence-electron chi connectivity index (χ1n) is 14.3. The second-order valence-corrected chi connectivity index (χ2v) is 12.8. The van der Waals surface area contributed by atoms with Crippen molar-refractivity contribution in [2.45, 2.75) is 37.3 Å². The average Bonchev–Trinajstić information content (AvgIpc) is 3.48. The lowest BCUT2D eigenvalue weighted by atomic mass is 10.0. The molecule has 0 saturated heterocycles. The number of ether oxygens (including phenoxy) is 3. The van der Waals surface area contributed by atoms with Crippen LogP contribution in [0.2, 0.25) is 0 Å². The van der Waals surface area contributed by atoms with Crippen molar-refractivity contribution in [2.75, 3.05) is 43.6 Å². The molecule has 3 N–H and O–H groups in total. The Morgan fingerprint density at radius 2 is 1.76 bits per heavy atom. The Morgan fingerprint density at radius 3 is 2.49 bits per heavy atom. The van der Waals surface area contributed by atoms with E-state index < -0.39 is 34.0 Å². The molecule has 0 aromatic heterocycles. The van der Waals surface area contributed by atoms with Crippen molar-refractivity contribution in [3.63, 3.8) is 0 Å². The molecule has 2 heterocycles. The number of nitrogens with zero attached hydrogens (tertiary/aromatic N) is 2. The first-order chi connectivity index (χ1) is 21.4. The number of aliphatic hydroxyl groups excluding tert-OH is 1. The maximum atomic E-state index is 13.5. The number of hydrogen-bond donors (Lipinski definition) is 3. The first kappa shape index (κ1) is 31.9. The van der Waals surface area contributed by atoms with Gasteiger partial charge in [0.2, 0.25) is 12.7 Å². The van der Waals surface area contributed by atoms with Crippen LogP contribution in [0.4, 0.5) is 20.6 Å². The van der Waals surface area contributed by atoms with Crippen LogP contribution in [0.5, 0.6) is 17.2 Å². The molecule has 3 amide bonds. The Morgan fingerprint density at radius 1 is 1.07 bits per heavy atom. The summed E-state index contributed by atoms with van der Waals surface area (Å²) in [6.07, 6.45) is -0.705. The number of hydrogen-bond acceptors (Lipinski definition) is 8. The number of anilines is 2. The maximum Gasteiger partial charge on any atom is 0.321 e. The minimum absolute atomic E-state index is 0.112. The summed E-state index contributed by atoms with van der Waals surface area (Å²) in [7, 11) is -2.42. The molecule has 2 aliphatic rings. The molecule has 0 spiro atoms. The van der Waals surface area contributed by atoms with Crippen molar-refractivity contribution in [1.29, 1.82) is 0 Å². The number of halogens is 1. The molecule has 12 nitrogen and oxygen atoms in total. The lowest BCUT2D eigenvalue weighted by molar-refractivity contribution is -0.134. The highest BCUT2D eigenvalue weighted by molar-refractivity contribution is 7.92. The second-order valence-electron chi connectivity index (χ2n) is 11.1. The molecule has 14 heteroatoms. The van der Waals surface area contributed by atoms with Gasteiger partial charge in [0.25, 0.3) is 10.0 Å². The number of benzene rings is 3. The average molecular weight is 643 g/mol. The fourth-order valence-electron chi connectivity index (χ4n) is 5.08. The number of fused-ring (bicyclic) bond motifs is 2. The highest BCUT2D eigenvalue weighted by Crippen LogP contribution is 2.34. The van der Waals surface area contributed by atoms with Gasteiger partial charge >= 0.3 is 6.03 Å². The summed E-state index contributed by atoms with van der Waals surface area (Å²) in [5, 5.41) is 12.7. The molecule has 3 aromatic carbocycles. The molecule has 45 heavy (non-hydrogen) atoms. The summed E-state index contributed by atoms with van der Waals surface area (Å²) in [6, 6.07) is 13.2. The molecule has 0 unspecified atom stereocenters. The van der Waals surface area contributed by atoms with Crippen LogP contribution in [0, 0.1) is 11.7 Å². The van der Waals surface area contributed by atoms with Gasteiger partial charge in [0.05, 0.1) is 30.5 Å². The van der Waals surface area contributed by atoms with E-state index in [4.69, 9.17) is 14.2 Å². The highest BCUT2D eigenvalue weighted by Gasteiger charge is 2.32. The van der Waals surface area contributed by atoms with Gasteiger partial charge in [0, 0.05) is 42.5 Å². The summed E-state index contributed by atoms with van der Waals surface area (Å²) in [4.78, 5) is 29.5. The van der Waals surface area contributed by atoms with Crippen molar-refractivity contribution in [2.24, 2.45) is 5.92 Å². The second kappa shape index (κ2) is 13.2. The Bertz CT molecular complexity index is 1670. The normalized spacial score (nSPS) is 18.5. The maximum absolute atomic E-state index is 13.5. The molecule has 5 rings (SSSR count). The van der Waals surface area contributed by atoms with Crippen molar-refractivity contribution in [3.8, 4) is 17.2 Å². The predicted octanol–water partition coefficient (Wildman–Crippen LogP) is 3.67. The van der Waals surface area contributed by atoms with Crippen LogP contribution in [-0.2, 0) is 21.2 Å². The zero-order valence-corrected chi connectivity index (χ0v) is 25.8. The molecule has 0 saturated carbocycles. The Balaban J connectivity index is 1.38. The van der Waals surface area contributed by atoms with Gasteiger partial charge in [0.15, 0.2) is 11.5 Å². The van der Waals surface area contributed by atoms with E-state index in [1.54, 1.807) is 43.1 Å². The number of likely N-dealkylation sites (N-methyl/N-ethyl adjacent to an activating group) is 1. The minimum Gasteiger partial charge on any atom is -0.488 e. The highest BCUT2D eigenvalue weighted by atomic mass is 32.2. The van der Waals surface area contributed by atoms with Gasteiger partial charge < -0.3 is 34.4 Å². The van der Waals surface area contributed by atoms with E-state index in [-0.39, 0.29) is 55.3 Å². The number of carbonyl (C=O) groups excluding carboxylic acids is 2. The molecule has 3 atom stereocenters. The number of sulfonamides is 1. The third-order valence-electron chi connectivity index (χ3n) is 7.72. The van der Waals surface area contributed by atoms with E-state index in [2.05, 4.69) is 10.0 Å². The van der Waals surface area contributed by atoms with E-state index in [9.17, 15) is 27.5 Å². The van der Waals surface area contributed by atoms with Gasteiger partial charge in [-0.2, -0.15) is 0 Å². The number of amides is 3. The largest absolute Gasteiger partial charge is 0.488 e. The Kier molecular flexibility index (Phi) is 9.34. The molecule has 0 radical (unpaired) electrons. The summed E-state index contributed by atoms with van der Waals surface area (Å²) >= 11 is 0. The van der Waals surface area contributed by atoms with Gasteiger partial charge in [-0.3, -0.25) is 9.52 Å². The number of nitrogens with one attached hydrogen (secondary N) is 2. The van der Waals surface area contributed by atoms with Crippen LogP contribution in [0.15, 0.2) is 65.6 Å². The van der Waals surface area contributed by atoms with Crippen LogP contribution in [0.25, 0.3) is 0 Å². The van der Waals surface area contributed by atoms with Crippen LogP contribution in [0.1, 0.15) is 19.4 Å². The van der Waals surface area contributed by atoms with Gasteiger partial charge in [-0.1, -0.05) is 6.92 Å². The predicted molar refractivity (Wildman–Crippen MR) is 163 cm³/mol. The molecule has 0 fully saturated rings. The monoisotopic (exact) mass is 642 g/mol. The van der Waals surface area contributed by atoms with Crippen LogP contribution >= 0.6 is 0 Å². The Hall–Kier alpha value is -4.56. The van der Waals surface area contributed by atoms with Crippen molar-refractivity contribution in [3.05, 3.63) is 72.0 Å². The summed E-state index contributed by atoms with van der Waals surface area (Å²) in [5.41, 5.74) is 1.12. The Labute approximate surface area is 260 Å². The van der Waals surface area contributed by atoms with Gasteiger partial charge in [-0.05, 0) is 61.5 Å². The third-order valence-corrected chi connectivity index (χ3v) is 9.11. The fourth-order valence-corrected chi connectivity index (χ4v) is 6.13. The smallest absolute Gasteiger partial charge is 0.321 e. The van der Waals surface area contributed by atoms with Gasteiger partial charge in [0.1, 0.15) is 17.7 Å². The summed E-state index contributed by atoms with van der Waals surface area (Å²) < 4.78 is 58.9. The number of carbonyl (C=O) groups is 2. The molecule has 240 valence electrons. The molecular weight excluding hydrogens is 607 g/mol. The lowest BCUT2D eigenvalue weighted by Gasteiger charge is -2.34. The molecule has 0 bridgehead atoms. The first-order valence-corrected chi connectivity index (χ1v) is 15.8. The molecular formula is C31H35FN4O8S. The van der Waals surface area contributed by atoms with Crippen LogP contribution in [0.3, 0.4) is 0 Å². The van der Waals surface area contributed by atoms with E-state index in [1.807, 2.05) is 6.92 Å². The van der Waals surface area contributed by atoms with E-state index >= 15 is 0 Å². The zero-order valence-electron chi connectivity index (χ0n) is 25.0. The van der Waals surface area contributed by atoms with E-state index in [0.29, 0.717) is 28.5 Å². The number of urea groups is 1. The standard InChI is InChI=1S/C31H35FN4O8S/c1-19-15-36(20(2)17-37)30(38)13-21-12-24(34-45(40,41)25-8-4-22(32)5-9-25)7-10-26(21)44-29(19)16-35(3)31(39)33-23-6-11-27-28(14-23)43-18-42-27/h4-12,14,19-20,29,34,37H,13,15-18H2,1-3H3,(H,33,39)/t19-,20+,29+/m1/s1. The van der Waals surface area contributed by atoms with Crippen LogP contribution in [-0.4, -0.2) is 80.9 Å². The van der Waals surface area contributed by atoms with Crippen molar-refractivity contribution < 1.29 is 41.7 Å².